The van der Waals surface area contributed by atoms with Gasteiger partial charge in [0.15, 0.2) is 0 Å². The first-order chi connectivity index (χ1) is 6.36. The van der Waals surface area contributed by atoms with Crippen molar-refractivity contribution in [2.45, 2.75) is 20.0 Å². The van der Waals surface area contributed by atoms with E-state index >= 15 is 0 Å². The number of hydrogen-bond acceptors (Lipinski definition) is 1. The molecule has 1 aliphatic heterocycles. The predicted molar refractivity (Wildman–Crippen MR) is 48.1 cm³/mol. The van der Waals surface area contributed by atoms with Gasteiger partial charge in [-0.2, -0.15) is 19.2 Å². The summed E-state index contributed by atoms with van der Waals surface area (Å²) >= 11 is 0. The van der Waals surface area contributed by atoms with Crippen LogP contribution in [0.3, 0.4) is 0 Å². The number of allylic oxidation sites excluding steroid dienone is 3. The molecular formula is C10H11F3NY-. The van der Waals surface area contributed by atoms with Crippen LogP contribution in [0.2, 0.25) is 0 Å². The van der Waals surface area contributed by atoms with Gasteiger partial charge in [-0.05, 0) is 19.0 Å². The summed E-state index contributed by atoms with van der Waals surface area (Å²) in [5, 5.41) is 0. The average Bonchev–Trinajstić information content (AvgIpc) is 2.06. The predicted octanol–water partition coefficient (Wildman–Crippen LogP) is 3.03. The average molecular weight is 291 g/mol. The van der Waals surface area contributed by atoms with Crippen LogP contribution in [-0.4, -0.2) is 17.6 Å². The molecule has 0 N–H and O–H groups in total. The van der Waals surface area contributed by atoms with E-state index in [9.17, 15) is 13.2 Å². The number of nitrogens with zero attached hydrogens (tertiary/aromatic N) is 1. The third kappa shape index (κ3) is 3.45. The Labute approximate surface area is 113 Å². The van der Waals surface area contributed by atoms with Gasteiger partial charge in [-0.3, -0.25) is 0 Å². The van der Waals surface area contributed by atoms with E-state index in [1.165, 1.54) is 4.90 Å². The Morgan fingerprint density at radius 2 is 2.00 bits per heavy atom. The molecule has 81 valence electrons. The summed E-state index contributed by atoms with van der Waals surface area (Å²) < 4.78 is 37.4. The van der Waals surface area contributed by atoms with Crippen LogP contribution < -0.4 is 0 Å². The Hall–Kier alpha value is -0.0861. The summed E-state index contributed by atoms with van der Waals surface area (Å²) in [5.74, 6) is 0. The van der Waals surface area contributed by atoms with E-state index in [-0.39, 0.29) is 38.4 Å². The molecule has 0 atom stereocenters. The summed E-state index contributed by atoms with van der Waals surface area (Å²) in [6.45, 7) is 7.18. The molecule has 0 bridgehead atoms. The van der Waals surface area contributed by atoms with Gasteiger partial charge in [0.25, 0.3) is 0 Å². The van der Waals surface area contributed by atoms with E-state index in [1.807, 2.05) is 0 Å². The molecule has 1 rings (SSSR count). The maximum Gasteiger partial charge on any atom is 0.396 e. The van der Waals surface area contributed by atoms with Crippen molar-refractivity contribution in [2.24, 2.45) is 0 Å². The Kier molecular flexibility index (Phi) is 5.27. The third-order valence-corrected chi connectivity index (χ3v) is 1.93. The van der Waals surface area contributed by atoms with E-state index in [0.29, 0.717) is 12.1 Å². The molecule has 0 aromatic rings. The fourth-order valence-corrected chi connectivity index (χ4v) is 1.27. The first-order valence-electron chi connectivity index (χ1n) is 4.22. The first kappa shape index (κ1) is 14.9. The third-order valence-electron chi connectivity index (χ3n) is 1.93. The normalized spacial score (nSPS) is 16.9. The summed E-state index contributed by atoms with van der Waals surface area (Å²) in [6, 6.07) is 0. The second-order valence-corrected chi connectivity index (χ2v) is 3.04. The number of alkyl halides is 3. The van der Waals surface area contributed by atoms with E-state index in [0.717, 1.165) is 6.08 Å². The largest absolute Gasteiger partial charge is 0.455 e. The van der Waals surface area contributed by atoms with Gasteiger partial charge >= 0.3 is 6.18 Å². The molecule has 0 aliphatic carbocycles. The van der Waals surface area contributed by atoms with Crippen molar-refractivity contribution < 1.29 is 45.9 Å². The molecule has 1 aliphatic rings. The molecule has 0 spiro atoms. The van der Waals surface area contributed by atoms with Crippen LogP contribution in [0.15, 0.2) is 29.5 Å². The van der Waals surface area contributed by atoms with E-state index in [1.54, 1.807) is 13.8 Å². The maximum absolute atomic E-state index is 12.5. The van der Waals surface area contributed by atoms with Crippen LogP contribution in [0.25, 0.3) is 0 Å². The first-order valence-corrected chi connectivity index (χ1v) is 4.22. The fraction of sp³-hybridized carbons (Fsp3) is 0.400. The Morgan fingerprint density at radius 1 is 1.47 bits per heavy atom. The summed E-state index contributed by atoms with van der Waals surface area (Å²) in [6.07, 6.45) is -0.484. The maximum atomic E-state index is 12.5. The number of rotatable bonds is 1. The minimum atomic E-state index is -4.34. The number of halogens is 3. The Morgan fingerprint density at radius 3 is 2.40 bits per heavy atom. The second kappa shape index (κ2) is 5.31. The van der Waals surface area contributed by atoms with Gasteiger partial charge in [0, 0.05) is 32.7 Å². The van der Waals surface area contributed by atoms with Gasteiger partial charge in [-0.25, -0.2) is 0 Å². The molecule has 0 saturated carbocycles. The second-order valence-electron chi connectivity index (χ2n) is 3.04. The van der Waals surface area contributed by atoms with Crippen LogP contribution in [0.4, 0.5) is 13.2 Å². The zero-order valence-corrected chi connectivity index (χ0v) is 11.5. The van der Waals surface area contributed by atoms with Gasteiger partial charge in [0.2, 0.25) is 0 Å². The van der Waals surface area contributed by atoms with Crippen LogP contribution in [0.1, 0.15) is 13.8 Å². The van der Waals surface area contributed by atoms with Gasteiger partial charge in [-0.1, -0.05) is 18.8 Å². The molecular weight excluding hydrogens is 280 g/mol. The number of hydrogen-bond donors (Lipinski definition) is 0. The molecule has 0 saturated heterocycles. The van der Waals surface area contributed by atoms with E-state index < -0.39 is 11.7 Å². The SMILES string of the molecule is C=C1C(C(F)(F)F)=CC(C)=[C-]N1CC.[Y]. The van der Waals surface area contributed by atoms with Crippen molar-refractivity contribution in [2.75, 3.05) is 6.54 Å². The van der Waals surface area contributed by atoms with Crippen molar-refractivity contribution in [3.05, 3.63) is 35.7 Å². The zero-order valence-electron chi connectivity index (χ0n) is 8.65. The van der Waals surface area contributed by atoms with Crippen LogP contribution in [0, 0.1) is 6.20 Å². The Balaban J connectivity index is 0.00000196. The Bertz CT molecular complexity index is 315. The van der Waals surface area contributed by atoms with Gasteiger partial charge < -0.3 is 4.90 Å². The minimum absolute atomic E-state index is 0. The fourth-order valence-electron chi connectivity index (χ4n) is 1.27. The van der Waals surface area contributed by atoms with Crippen molar-refractivity contribution in [1.82, 2.24) is 4.90 Å². The van der Waals surface area contributed by atoms with Gasteiger partial charge in [-0.15, -0.1) is 12.2 Å². The standard InChI is InChI=1S/C10H11F3N.Y/c1-4-14-6-7(2)5-9(8(14)3)10(11,12)13;/h5H,3-4H2,1-2H3;/q-1;. The van der Waals surface area contributed by atoms with E-state index in [4.69, 9.17) is 0 Å². The molecule has 0 aromatic carbocycles. The zero-order chi connectivity index (χ0) is 10.9. The molecule has 5 heteroatoms. The monoisotopic (exact) mass is 291 g/mol. The van der Waals surface area contributed by atoms with Gasteiger partial charge in [0.05, 0.1) is 0 Å². The van der Waals surface area contributed by atoms with Crippen LogP contribution in [-0.2, 0) is 32.7 Å². The molecule has 0 aromatic heterocycles. The van der Waals surface area contributed by atoms with Crippen molar-refractivity contribution >= 4 is 0 Å². The van der Waals surface area contributed by atoms with Crippen molar-refractivity contribution in [1.29, 1.82) is 0 Å². The van der Waals surface area contributed by atoms with Crippen molar-refractivity contribution in [3.8, 4) is 0 Å². The molecule has 1 heterocycles. The molecule has 1 nitrogen and oxygen atoms in total. The summed E-state index contributed by atoms with van der Waals surface area (Å²) in [7, 11) is 0. The topological polar surface area (TPSA) is 3.24 Å². The molecule has 15 heavy (non-hydrogen) atoms. The number of likely N-dealkylation sites (N-methyl/N-ethyl adjacent to an activating group) is 1. The van der Waals surface area contributed by atoms with Gasteiger partial charge in [0.1, 0.15) is 0 Å². The molecule has 0 amide bonds. The van der Waals surface area contributed by atoms with Crippen LogP contribution in [0.5, 0.6) is 0 Å². The smallest absolute Gasteiger partial charge is 0.396 e. The van der Waals surface area contributed by atoms with E-state index in [2.05, 4.69) is 12.8 Å². The summed E-state index contributed by atoms with van der Waals surface area (Å²) in [4.78, 5) is 1.37. The minimum Gasteiger partial charge on any atom is -0.455 e. The van der Waals surface area contributed by atoms with Crippen molar-refractivity contribution in [3.63, 3.8) is 0 Å². The molecule has 0 unspecified atom stereocenters. The quantitative estimate of drug-likeness (QED) is 0.671. The molecule has 0 fully saturated rings. The molecule has 1 radical (unpaired) electrons. The summed E-state index contributed by atoms with van der Waals surface area (Å²) in [5.41, 5.74) is -0.257. The van der Waals surface area contributed by atoms with Crippen LogP contribution >= 0.6 is 0 Å².